The Balaban J connectivity index is 0.00000230. The van der Waals surface area contributed by atoms with E-state index in [1.807, 2.05) is 6.92 Å². The molecule has 3 aromatic rings. The van der Waals surface area contributed by atoms with E-state index in [2.05, 4.69) is 16.8 Å². The van der Waals surface area contributed by atoms with E-state index in [0.717, 1.165) is 47.1 Å². The Morgan fingerprint density at radius 1 is 0.933 bits per heavy atom. The number of piperidine rings is 1. The van der Waals surface area contributed by atoms with Crippen molar-refractivity contribution in [3.63, 3.8) is 0 Å². The Kier molecular flexibility index (Phi) is 10.8. The molecule has 0 spiro atoms. The van der Waals surface area contributed by atoms with Crippen molar-refractivity contribution in [2.75, 3.05) is 57.7 Å². The van der Waals surface area contributed by atoms with Gasteiger partial charge in [0, 0.05) is 37.8 Å². The van der Waals surface area contributed by atoms with Crippen LogP contribution in [0.2, 0.25) is 0 Å². The van der Waals surface area contributed by atoms with Crippen LogP contribution in [-0.2, 0) is 25.2 Å². The van der Waals surface area contributed by atoms with Gasteiger partial charge in [0.15, 0.2) is 0 Å². The minimum atomic E-state index is -4.31. The summed E-state index contributed by atoms with van der Waals surface area (Å²) in [4.78, 5) is 35.1. The molecule has 4 heterocycles. The second-order valence-corrected chi connectivity index (χ2v) is 14.3. The van der Waals surface area contributed by atoms with Gasteiger partial charge in [-0.25, -0.2) is 4.79 Å². The molecule has 0 saturated carbocycles. The van der Waals surface area contributed by atoms with Gasteiger partial charge in [-0.15, -0.1) is 36.2 Å². The van der Waals surface area contributed by atoms with Crippen LogP contribution < -0.4 is 9.04 Å². The minimum Gasteiger partial charge on any atom is -0.496 e. The number of piperazine rings is 1. The Morgan fingerprint density at radius 3 is 2.27 bits per heavy atom. The molecule has 0 aliphatic carbocycles. The van der Waals surface area contributed by atoms with E-state index in [9.17, 15) is 18.0 Å². The molecule has 2 aromatic carbocycles. The highest BCUT2D eigenvalue weighted by Gasteiger charge is 2.61. The van der Waals surface area contributed by atoms with Gasteiger partial charge >= 0.3 is 6.09 Å². The number of thiophene rings is 1. The van der Waals surface area contributed by atoms with Gasteiger partial charge in [-0.1, -0.05) is 35.9 Å². The Morgan fingerprint density at radius 2 is 1.62 bits per heavy atom. The smallest absolute Gasteiger partial charge is 0.411 e. The van der Waals surface area contributed by atoms with Gasteiger partial charge in [-0.05, 0) is 69.5 Å². The number of likely N-dealkylation sites (tertiary alicyclic amines) is 1. The fraction of sp³-hybridized carbons (Fsp3) is 0.419. The number of para-hydroxylation sites is 1. The predicted octanol–water partition coefficient (Wildman–Crippen LogP) is 4.74. The van der Waals surface area contributed by atoms with Crippen LogP contribution in [0.1, 0.15) is 29.5 Å². The van der Waals surface area contributed by atoms with Crippen LogP contribution in [0.3, 0.4) is 0 Å². The number of halogens is 2. The highest BCUT2D eigenvalue weighted by atomic mass is 35.5. The molecular formula is C31H38Cl2N4O6S2. The summed E-state index contributed by atoms with van der Waals surface area (Å²) in [5.41, 5.74) is -0.615. The summed E-state index contributed by atoms with van der Waals surface area (Å²) in [5, 5.41) is 1.64. The summed E-state index contributed by atoms with van der Waals surface area (Å²) >= 11 is 1.02. The van der Waals surface area contributed by atoms with Gasteiger partial charge in [-0.3, -0.25) is 9.69 Å². The topological polar surface area (TPSA) is 99.7 Å². The summed E-state index contributed by atoms with van der Waals surface area (Å²) in [6, 6.07) is 15.4. The van der Waals surface area contributed by atoms with Gasteiger partial charge in [0.05, 0.1) is 18.4 Å². The standard InChI is InChI=1S/C31H36N4O6S2.2ClH/c1-22-10-11-26-25(21-22)31(24-7-4-5-8-27(24)40-3,29(36)35(26)43(38,39)28-9-6-20-42-28)41-30(37)34-18-16-33(17-19-34)23-12-14-32(2)15-13-23;;/h4-11,20-21,23H,12-19H2,1-3H3;2*1H. The van der Waals surface area contributed by atoms with E-state index >= 15 is 0 Å². The first kappa shape index (κ1) is 35.0. The summed E-state index contributed by atoms with van der Waals surface area (Å²) in [5.74, 6) is -0.581. The van der Waals surface area contributed by atoms with Gasteiger partial charge in [0.2, 0.25) is 5.60 Å². The summed E-state index contributed by atoms with van der Waals surface area (Å²) in [6.07, 6.45) is 1.51. The number of fused-ring (bicyclic) bond motifs is 1. The number of hydrogen-bond acceptors (Lipinski definition) is 9. The van der Waals surface area contributed by atoms with E-state index in [4.69, 9.17) is 9.47 Å². The second-order valence-electron chi connectivity index (χ2n) is 11.3. The third-order valence-electron chi connectivity index (χ3n) is 8.73. The zero-order chi connectivity index (χ0) is 30.4. The average molecular weight is 698 g/mol. The molecule has 0 N–H and O–H groups in total. The number of aryl methyl sites for hydroxylation is 1. The third kappa shape index (κ3) is 6.16. The number of benzene rings is 2. The van der Waals surface area contributed by atoms with Crippen molar-refractivity contribution in [3.05, 3.63) is 76.7 Å². The number of nitrogens with zero attached hydrogens (tertiary/aromatic N) is 4. The SMILES string of the molecule is COc1ccccc1C1(OC(=O)N2CCN(C3CCN(C)CC3)CC2)C(=O)N(S(=O)(=O)c2cccs2)c2ccc(C)cc21.Cl.Cl. The van der Waals surface area contributed by atoms with E-state index in [0.29, 0.717) is 38.0 Å². The van der Waals surface area contributed by atoms with E-state index in [-0.39, 0.29) is 45.8 Å². The van der Waals surface area contributed by atoms with Crippen molar-refractivity contribution >= 4 is 63.9 Å². The van der Waals surface area contributed by atoms with Crippen molar-refractivity contribution < 1.29 is 27.5 Å². The van der Waals surface area contributed by atoms with Crippen LogP contribution in [0.25, 0.3) is 0 Å². The maximum absolute atomic E-state index is 14.7. The summed E-state index contributed by atoms with van der Waals surface area (Å²) in [6.45, 7) is 6.25. The first-order chi connectivity index (χ1) is 20.7. The van der Waals surface area contributed by atoms with Gasteiger partial charge in [-0.2, -0.15) is 12.7 Å². The summed E-state index contributed by atoms with van der Waals surface area (Å²) < 4.78 is 40.7. The number of anilines is 1. The molecule has 45 heavy (non-hydrogen) atoms. The maximum Gasteiger partial charge on any atom is 0.411 e. The first-order valence-corrected chi connectivity index (χ1v) is 16.8. The molecule has 2 amide bonds. The predicted molar refractivity (Wildman–Crippen MR) is 179 cm³/mol. The third-order valence-corrected chi connectivity index (χ3v) is 11.8. The number of amides is 2. The number of methoxy groups -OCH3 is 1. The molecule has 244 valence electrons. The van der Waals surface area contributed by atoms with Crippen molar-refractivity contribution in [3.8, 4) is 5.75 Å². The molecule has 3 aliphatic heterocycles. The number of ether oxygens (including phenoxy) is 2. The molecule has 14 heteroatoms. The molecule has 10 nitrogen and oxygen atoms in total. The number of sulfonamides is 1. The minimum absolute atomic E-state index is 0. The largest absolute Gasteiger partial charge is 0.496 e. The van der Waals surface area contributed by atoms with Crippen molar-refractivity contribution in [2.45, 2.75) is 35.6 Å². The Hall–Kier alpha value is -2.87. The van der Waals surface area contributed by atoms with Crippen molar-refractivity contribution in [2.24, 2.45) is 0 Å². The molecular weight excluding hydrogens is 659 g/mol. The molecule has 1 aromatic heterocycles. The number of hydrogen-bond donors (Lipinski definition) is 0. The zero-order valence-electron chi connectivity index (χ0n) is 25.4. The van der Waals surface area contributed by atoms with Crippen LogP contribution in [0.15, 0.2) is 64.2 Å². The molecule has 2 saturated heterocycles. The normalized spacial score (nSPS) is 21.1. The average Bonchev–Trinajstić information content (AvgIpc) is 3.64. The second kappa shape index (κ2) is 13.9. The lowest BCUT2D eigenvalue weighted by molar-refractivity contribution is -0.132. The molecule has 2 fully saturated rings. The number of rotatable bonds is 6. The van der Waals surface area contributed by atoms with Crippen LogP contribution in [0, 0.1) is 6.92 Å². The van der Waals surface area contributed by atoms with Gasteiger partial charge in [0.1, 0.15) is 9.96 Å². The molecule has 0 radical (unpaired) electrons. The van der Waals surface area contributed by atoms with Crippen molar-refractivity contribution in [1.29, 1.82) is 0 Å². The van der Waals surface area contributed by atoms with Crippen LogP contribution in [-0.4, -0.2) is 94.6 Å². The quantitative estimate of drug-likeness (QED) is 0.365. The Labute approximate surface area is 280 Å². The molecule has 3 aliphatic rings. The maximum atomic E-state index is 14.7. The van der Waals surface area contributed by atoms with Gasteiger partial charge < -0.3 is 19.3 Å². The van der Waals surface area contributed by atoms with E-state index in [1.54, 1.807) is 58.8 Å². The zero-order valence-corrected chi connectivity index (χ0v) is 28.6. The molecule has 0 bridgehead atoms. The van der Waals surface area contributed by atoms with Crippen LogP contribution in [0.5, 0.6) is 5.75 Å². The highest BCUT2D eigenvalue weighted by molar-refractivity contribution is 7.95. The number of carbonyl (C=O) groups excluding carboxylic acids is 2. The van der Waals surface area contributed by atoms with E-state index in [1.165, 1.54) is 13.2 Å². The fourth-order valence-corrected chi connectivity index (χ4v) is 8.91. The monoisotopic (exact) mass is 696 g/mol. The molecule has 1 atom stereocenters. The lowest BCUT2D eigenvalue weighted by Gasteiger charge is -2.42. The first-order valence-electron chi connectivity index (χ1n) is 14.4. The van der Waals surface area contributed by atoms with Crippen LogP contribution in [0.4, 0.5) is 10.5 Å². The Bertz CT molecular complexity index is 1620. The molecule has 6 rings (SSSR count). The van der Waals surface area contributed by atoms with Crippen molar-refractivity contribution in [1.82, 2.24) is 14.7 Å². The fourth-order valence-electron chi connectivity index (χ4n) is 6.39. The highest BCUT2D eigenvalue weighted by Crippen LogP contribution is 2.52. The lowest BCUT2D eigenvalue weighted by Crippen LogP contribution is -2.55. The van der Waals surface area contributed by atoms with Gasteiger partial charge in [0.25, 0.3) is 15.9 Å². The van der Waals surface area contributed by atoms with E-state index < -0.39 is 27.6 Å². The summed E-state index contributed by atoms with van der Waals surface area (Å²) in [7, 11) is -0.704. The number of carbonyl (C=O) groups is 2. The lowest BCUT2D eigenvalue weighted by atomic mass is 9.85. The van der Waals surface area contributed by atoms with Crippen LogP contribution >= 0.6 is 36.2 Å². The molecule has 1 unspecified atom stereocenters.